The van der Waals surface area contributed by atoms with Gasteiger partial charge in [0, 0.05) is 12.5 Å². The molecule has 1 atom stereocenters. The molecule has 47 valence electrons. The predicted octanol–water partition coefficient (Wildman–Crippen LogP) is 0.484. The van der Waals surface area contributed by atoms with Crippen molar-refractivity contribution in [3.05, 3.63) is 0 Å². The van der Waals surface area contributed by atoms with Crippen LogP contribution in [0, 0.1) is 0 Å². The highest BCUT2D eigenvalue weighted by Crippen LogP contribution is 1.90. The first-order valence-electron chi connectivity index (χ1n) is 2.83. The standard InChI is InChI=1S/C6H12NO/c1-6(7-2)4-3-5-8/h6-7H,3-4H2,1-2H3. The zero-order valence-corrected chi connectivity index (χ0v) is 5.40. The first-order valence-corrected chi connectivity index (χ1v) is 2.83. The Morgan fingerprint density at radius 1 is 1.75 bits per heavy atom. The molecular weight excluding hydrogens is 102 g/mol. The Morgan fingerprint density at radius 3 is 2.75 bits per heavy atom. The highest BCUT2D eigenvalue weighted by molar-refractivity contribution is 5.50. The van der Waals surface area contributed by atoms with E-state index in [0.717, 1.165) is 6.42 Å². The number of nitrogens with one attached hydrogen (secondary N) is 1. The molecule has 2 heteroatoms. The molecule has 0 fully saturated rings. The minimum absolute atomic E-state index is 0.441. The molecule has 1 radical (unpaired) electrons. The van der Waals surface area contributed by atoms with Gasteiger partial charge in [0.15, 0.2) is 6.29 Å². The molecule has 1 N–H and O–H groups in total. The predicted molar refractivity (Wildman–Crippen MR) is 33.4 cm³/mol. The van der Waals surface area contributed by atoms with Gasteiger partial charge in [-0.25, -0.2) is 0 Å². The SMILES string of the molecule is CNC(C)CC[C]=O. The summed E-state index contributed by atoms with van der Waals surface area (Å²) in [5.41, 5.74) is 0. The Kier molecular flexibility index (Phi) is 4.56. The fourth-order valence-electron chi connectivity index (χ4n) is 0.420. The minimum atomic E-state index is 0.441. The summed E-state index contributed by atoms with van der Waals surface area (Å²) in [6.45, 7) is 2.04. The summed E-state index contributed by atoms with van der Waals surface area (Å²) < 4.78 is 0. The first-order chi connectivity index (χ1) is 3.81. The molecule has 0 aromatic heterocycles. The largest absolute Gasteiger partial charge is 0.317 e. The van der Waals surface area contributed by atoms with E-state index in [2.05, 4.69) is 5.32 Å². The summed E-state index contributed by atoms with van der Waals surface area (Å²) in [5, 5.41) is 3.02. The van der Waals surface area contributed by atoms with Gasteiger partial charge in [-0.3, -0.25) is 4.79 Å². The van der Waals surface area contributed by atoms with E-state index in [0.29, 0.717) is 12.5 Å². The smallest absolute Gasteiger partial charge is 0.198 e. The lowest BCUT2D eigenvalue weighted by molar-refractivity contribution is 0.528. The molecule has 0 spiro atoms. The van der Waals surface area contributed by atoms with Crippen molar-refractivity contribution in [2.24, 2.45) is 0 Å². The van der Waals surface area contributed by atoms with Crippen molar-refractivity contribution in [2.75, 3.05) is 7.05 Å². The van der Waals surface area contributed by atoms with Crippen molar-refractivity contribution in [3.8, 4) is 0 Å². The van der Waals surface area contributed by atoms with E-state index >= 15 is 0 Å². The second kappa shape index (κ2) is 4.78. The van der Waals surface area contributed by atoms with Crippen LogP contribution in [0.1, 0.15) is 19.8 Å². The van der Waals surface area contributed by atoms with Crippen LogP contribution in [-0.4, -0.2) is 19.4 Å². The molecule has 0 saturated carbocycles. The van der Waals surface area contributed by atoms with Crippen LogP contribution in [0.2, 0.25) is 0 Å². The van der Waals surface area contributed by atoms with E-state index in [1.807, 2.05) is 20.3 Å². The summed E-state index contributed by atoms with van der Waals surface area (Å²) in [6, 6.07) is 0.441. The van der Waals surface area contributed by atoms with E-state index in [1.54, 1.807) is 0 Å². The lowest BCUT2D eigenvalue weighted by Crippen LogP contribution is -2.20. The molecule has 8 heavy (non-hydrogen) atoms. The molecule has 0 bridgehead atoms. The Hall–Kier alpha value is -0.370. The molecule has 2 nitrogen and oxygen atoms in total. The third kappa shape index (κ3) is 3.81. The summed E-state index contributed by atoms with van der Waals surface area (Å²) >= 11 is 0. The highest BCUT2D eigenvalue weighted by Gasteiger charge is 1.94. The van der Waals surface area contributed by atoms with Gasteiger partial charge in [0.25, 0.3) is 0 Å². The highest BCUT2D eigenvalue weighted by atomic mass is 16.1. The molecule has 0 aliphatic rings. The summed E-state index contributed by atoms with van der Waals surface area (Å²) in [5.74, 6) is 0. The van der Waals surface area contributed by atoms with Gasteiger partial charge in [0.2, 0.25) is 0 Å². The lowest BCUT2D eigenvalue weighted by atomic mass is 10.2. The summed E-state index contributed by atoms with van der Waals surface area (Å²) in [6.07, 6.45) is 3.28. The minimum Gasteiger partial charge on any atom is -0.317 e. The Bertz CT molecular complexity index is 63.5. The van der Waals surface area contributed by atoms with Crippen LogP contribution >= 0.6 is 0 Å². The number of rotatable bonds is 4. The van der Waals surface area contributed by atoms with E-state index in [-0.39, 0.29) is 0 Å². The van der Waals surface area contributed by atoms with Gasteiger partial charge < -0.3 is 5.32 Å². The molecule has 0 rings (SSSR count). The Morgan fingerprint density at radius 2 is 2.38 bits per heavy atom. The topological polar surface area (TPSA) is 29.1 Å². The number of carbonyl (C=O) groups excluding carboxylic acids is 1. The molecule has 0 aromatic rings. The molecule has 0 aliphatic heterocycles. The van der Waals surface area contributed by atoms with Gasteiger partial charge in [-0.2, -0.15) is 0 Å². The average molecular weight is 114 g/mol. The van der Waals surface area contributed by atoms with E-state index in [4.69, 9.17) is 0 Å². The van der Waals surface area contributed by atoms with Crippen LogP contribution in [0.15, 0.2) is 0 Å². The van der Waals surface area contributed by atoms with Gasteiger partial charge in [-0.05, 0) is 20.4 Å². The van der Waals surface area contributed by atoms with Crippen LogP contribution in [0.3, 0.4) is 0 Å². The van der Waals surface area contributed by atoms with Crippen molar-refractivity contribution < 1.29 is 4.79 Å². The first kappa shape index (κ1) is 7.63. The summed E-state index contributed by atoms with van der Waals surface area (Å²) in [7, 11) is 1.88. The van der Waals surface area contributed by atoms with E-state index in [1.165, 1.54) is 0 Å². The second-order valence-electron chi connectivity index (χ2n) is 1.87. The molecule has 0 aliphatic carbocycles. The fraction of sp³-hybridized carbons (Fsp3) is 0.833. The normalized spacial score (nSPS) is 13.2. The van der Waals surface area contributed by atoms with Crippen molar-refractivity contribution in [1.29, 1.82) is 0 Å². The van der Waals surface area contributed by atoms with Crippen LogP contribution in [0.4, 0.5) is 0 Å². The summed E-state index contributed by atoms with van der Waals surface area (Å²) in [4.78, 5) is 9.67. The van der Waals surface area contributed by atoms with E-state index < -0.39 is 0 Å². The zero-order chi connectivity index (χ0) is 6.41. The monoisotopic (exact) mass is 114 g/mol. The molecule has 0 saturated heterocycles. The quantitative estimate of drug-likeness (QED) is 0.576. The third-order valence-electron chi connectivity index (χ3n) is 1.17. The van der Waals surface area contributed by atoms with Gasteiger partial charge in [-0.15, -0.1) is 0 Å². The van der Waals surface area contributed by atoms with Crippen molar-refractivity contribution in [1.82, 2.24) is 5.32 Å². The van der Waals surface area contributed by atoms with Crippen molar-refractivity contribution >= 4 is 6.29 Å². The van der Waals surface area contributed by atoms with Crippen molar-refractivity contribution in [2.45, 2.75) is 25.8 Å². The second-order valence-corrected chi connectivity index (χ2v) is 1.87. The number of hydrogen-bond acceptors (Lipinski definition) is 2. The van der Waals surface area contributed by atoms with Gasteiger partial charge >= 0.3 is 0 Å². The Labute approximate surface area is 50.3 Å². The maximum absolute atomic E-state index is 9.67. The van der Waals surface area contributed by atoms with Crippen LogP contribution in [-0.2, 0) is 4.79 Å². The van der Waals surface area contributed by atoms with Crippen LogP contribution in [0.25, 0.3) is 0 Å². The van der Waals surface area contributed by atoms with E-state index in [9.17, 15) is 4.79 Å². The van der Waals surface area contributed by atoms with Gasteiger partial charge in [-0.1, -0.05) is 0 Å². The molecular formula is C6H12NO. The fourth-order valence-corrected chi connectivity index (χ4v) is 0.420. The lowest BCUT2D eigenvalue weighted by Gasteiger charge is -2.04. The van der Waals surface area contributed by atoms with Gasteiger partial charge in [0.1, 0.15) is 0 Å². The van der Waals surface area contributed by atoms with Crippen LogP contribution < -0.4 is 5.32 Å². The third-order valence-corrected chi connectivity index (χ3v) is 1.17. The molecule has 0 heterocycles. The van der Waals surface area contributed by atoms with Crippen LogP contribution in [0.5, 0.6) is 0 Å². The molecule has 0 amide bonds. The van der Waals surface area contributed by atoms with Gasteiger partial charge in [0.05, 0.1) is 0 Å². The average Bonchev–Trinajstić information content (AvgIpc) is 1.83. The van der Waals surface area contributed by atoms with Crippen molar-refractivity contribution in [3.63, 3.8) is 0 Å². The molecule has 0 aromatic carbocycles. The maximum Gasteiger partial charge on any atom is 0.198 e. The molecule has 1 unspecified atom stereocenters. The zero-order valence-electron chi connectivity index (χ0n) is 5.40. The maximum atomic E-state index is 9.67. The Balaban J connectivity index is 2.97. The number of hydrogen-bond donors (Lipinski definition) is 1.